The molecular weight excluding hydrogens is 438 g/mol. The lowest BCUT2D eigenvalue weighted by molar-refractivity contribution is -0.870. The number of esters is 1. The average Bonchev–Trinajstić information content (AvgIpc) is 2.76. The number of carboxylic acids is 1. The fourth-order valence-corrected chi connectivity index (χ4v) is 3.11. The number of unbranched alkanes of at least 4 members (excludes halogenated alkanes) is 9. The second-order valence-corrected chi connectivity index (χ2v) is 9.83. The second-order valence-electron chi connectivity index (χ2n) is 9.83. The van der Waals surface area contributed by atoms with E-state index < -0.39 is 18.4 Å². The molecule has 0 aromatic rings. The van der Waals surface area contributed by atoms with Gasteiger partial charge in [-0.2, -0.15) is 0 Å². The molecule has 8 heteroatoms. The van der Waals surface area contributed by atoms with E-state index in [0.717, 1.165) is 32.1 Å². The number of likely N-dealkylation sites (N-methyl/N-ethyl adjacent to an activating group) is 1. The lowest BCUT2D eigenvalue weighted by Gasteiger charge is -2.26. The Morgan fingerprint density at radius 1 is 0.882 bits per heavy atom. The molecule has 34 heavy (non-hydrogen) atoms. The summed E-state index contributed by atoms with van der Waals surface area (Å²) in [6.07, 6.45) is 14.9. The number of allylic oxidation sites excluding steroid dienone is 2. The van der Waals surface area contributed by atoms with Gasteiger partial charge in [0.1, 0.15) is 19.3 Å². The number of carbonyl (C=O) groups is 2. The fraction of sp³-hybridized carbons (Fsp3) is 0.846. The third-order valence-electron chi connectivity index (χ3n) is 5.24. The van der Waals surface area contributed by atoms with Crippen molar-refractivity contribution in [3.63, 3.8) is 0 Å². The van der Waals surface area contributed by atoms with Crippen molar-refractivity contribution < 1.29 is 38.5 Å². The first-order chi connectivity index (χ1) is 16.2. The van der Waals surface area contributed by atoms with Crippen molar-refractivity contribution in [1.29, 1.82) is 0 Å². The van der Waals surface area contributed by atoms with E-state index in [-0.39, 0.29) is 25.8 Å². The largest absolute Gasteiger partial charge is 0.545 e. The molecule has 0 bridgehead atoms. The first-order valence-electron chi connectivity index (χ1n) is 12.9. The van der Waals surface area contributed by atoms with Crippen LogP contribution in [-0.2, 0) is 23.8 Å². The number of carbonyl (C=O) groups excluding carboxylic acids is 2. The minimum atomic E-state index is -1.57. The van der Waals surface area contributed by atoms with E-state index >= 15 is 0 Å². The topological polar surface area (TPSA) is 105 Å². The van der Waals surface area contributed by atoms with Gasteiger partial charge in [-0.05, 0) is 32.1 Å². The number of aliphatic carboxylic acids is 1. The number of nitrogens with zero attached hydrogens (tertiary/aromatic N) is 1. The number of carboxylic acid groups (broad SMARTS) is 1. The number of rotatable bonds is 23. The molecule has 0 aliphatic carbocycles. The molecule has 200 valence electrons. The summed E-state index contributed by atoms with van der Waals surface area (Å²) in [7, 11) is 5.85. The molecule has 0 spiro atoms. The monoisotopic (exact) mass is 487 g/mol. The number of ether oxygens (including phenoxy) is 3. The van der Waals surface area contributed by atoms with Crippen molar-refractivity contribution in [3.05, 3.63) is 12.2 Å². The molecular formula is C26H49NO7. The number of aliphatic hydroxyl groups excluding tert-OH is 1. The molecule has 0 amide bonds. The molecule has 0 saturated heterocycles. The lowest BCUT2D eigenvalue weighted by atomic mass is 10.1. The maximum atomic E-state index is 11.8. The summed E-state index contributed by atoms with van der Waals surface area (Å²) in [5.74, 6) is -1.88. The van der Waals surface area contributed by atoms with E-state index in [4.69, 9.17) is 14.2 Å². The highest BCUT2D eigenvalue weighted by Crippen LogP contribution is 2.09. The molecule has 0 heterocycles. The Morgan fingerprint density at radius 2 is 1.47 bits per heavy atom. The highest BCUT2D eigenvalue weighted by Gasteiger charge is 2.17. The van der Waals surface area contributed by atoms with Crippen LogP contribution in [0.25, 0.3) is 0 Å². The number of quaternary nitrogens is 1. The molecule has 0 radical (unpaired) electrons. The van der Waals surface area contributed by atoms with Crippen molar-refractivity contribution in [3.8, 4) is 0 Å². The van der Waals surface area contributed by atoms with E-state index in [0.29, 0.717) is 17.4 Å². The van der Waals surface area contributed by atoms with Gasteiger partial charge in [-0.3, -0.25) is 4.79 Å². The van der Waals surface area contributed by atoms with E-state index in [9.17, 15) is 19.8 Å². The molecule has 2 unspecified atom stereocenters. The first kappa shape index (κ1) is 32.5. The van der Waals surface area contributed by atoms with Crippen molar-refractivity contribution in [2.24, 2.45) is 0 Å². The Kier molecular flexibility index (Phi) is 19.9. The van der Waals surface area contributed by atoms with E-state index in [1.54, 1.807) is 0 Å². The maximum absolute atomic E-state index is 11.8. The number of hydrogen-bond acceptors (Lipinski definition) is 7. The van der Waals surface area contributed by atoms with E-state index in [1.807, 2.05) is 21.1 Å². The zero-order valence-electron chi connectivity index (χ0n) is 22.0. The summed E-state index contributed by atoms with van der Waals surface area (Å²) in [5, 5.41) is 21.0. The summed E-state index contributed by atoms with van der Waals surface area (Å²) >= 11 is 0. The molecule has 0 aromatic carbocycles. The molecule has 1 N–H and O–H groups in total. The summed E-state index contributed by atoms with van der Waals surface area (Å²) in [6, 6.07) is 0. The number of hydrogen-bond donors (Lipinski definition) is 1. The van der Waals surface area contributed by atoms with Crippen LogP contribution < -0.4 is 5.11 Å². The molecule has 0 aliphatic rings. The smallest absolute Gasteiger partial charge is 0.305 e. The summed E-state index contributed by atoms with van der Waals surface area (Å²) in [5.41, 5.74) is 0. The zero-order valence-corrected chi connectivity index (χ0v) is 22.0. The Hall–Kier alpha value is -1.48. The van der Waals surface area contributed by atoms with Gasteiger partial charge in [-0.25, -0.2) is 0 Å². The molecule has 0 fully saturated rings. The van der Waals surface area contributed by atoms with Gasteiger partial charge in [0.25, 0.3) is 0 Å². The van der Waals surface area contributed by atoms with Crippen molar-refractivity contribution in [2.75, 3.05) is 47.5 Å². The summed E-state index contributed by atoms with van der Waals surface area (Å²) in [4.78, 5) is 22.9. The number of aliphatic hydroxyl groups is 1. The maximum Gasteiger partial charge on any atom is 0.305 e. The van der Waals surface area contributed by atoms with Crippen LogP contribution in [0, 0.1) is 0 Å². The Balaban J connectivity index is 3.71. The lowest BCUT2D eigenvalue weighted by Crippen LogP contribution is -2.44. The highest BCUT2D eigenvalue weighted by atomic mass is 16.7. The van der Waals surface area contributed by atoms with Gasteiger partial charge >= 0.3 is 5.97 Å². The third kappa shape index (κ3) is 22.3. The van der Waals surface area contributed by atoms with Crippen LogP contribution in [-0.4, -0.2) is 81.4 Å². The Bertz CT molecular complexity index is 546. The first-order valence-corrected chi connectivity index (χ1v) is 12.9. The average molecular weight is 488 g/mol. The molecule has 0 aliphatic heterocycles. The predicted octanol–water partition coefficient (Wildman–Crippen LogP) is 2.96. The minimum absolute atomic E-state index is 0.170. The third-order valence-corrected chi connectivity index (χ3v) is 5.24. The van der Waals surface area contributed by atoms with Crippen LogP contribution in [0.1, 0.15) is 84.0 Å². The SMILES string of the molecule is CCCCCC/C=C\CCCCCCCC(=O)OCC(O)COC(OCC[N+](C)(C)C)C(=O)[O-]. The summed E-state index contributed by atoms with van der Waals surface area (Å²) < 4.78 is 15.9. The zero-order chi connectivity index (χ0) is 25.7. The molecule has 0 rings (SSSR count). The second kappa shape index (κ2) is 20.9. The highest BCUT2D eigenvalue weighted by molar-refractivity contribution is 5.69. The van der Waals surface area contributed by atoms with Gasteiger partial charge in [0, 0.05) is 6.42 Å². The van der Waals surface area contributed by atoms with Crippen LogP contribution in [0.4, 0.5) is 0 Å². The minimum Gasteiger partial charge on any atom is -0.545 e. The standard InChI is InChI=1S/C26H49NO7/c1-5-6-7-8-9-10-11-12-13-14-15-16-17-18-24(29)33-21-23(28)22-34-26(25(30)31)32-20-19-27(2,3)4/h10-11,23,26,28H,5-9,12-22H2,1-4H3/b11-10-. The Labute approximate surface area is 206 Å². The quantitative estimate of drug-likeness (QED) is 0.0776. The van der Waals surface area contributed by atoms with Gasteiger partial charge in [-0.15, -0.1) is 0 Å². The van der Waals surface area contributed by atoms with Crippen LogP contribution >= 0.6 is 0 Å². The normalized spacial score (nSPS) is 13.8. The molecule has 2 atom stereocenters. The summed E-state index contributed by atoms with van der Waals surface area (Å²) in [6.45, 7) is 2.41. The van der Waals surface area contributed by atoms with Gasteiger partial charge in [0.15, 0.2) is 6.29 Å². The van der Waals surface area contributed by atoms with Crippen LogP contribution in [0.15, 0.2) is 12.2 Å². The van der Waals surface area contributed by atoms with Crippen LogP contribution in [0.5, 0.6) is 0 Å². The van der Waals surface area contributed by atoms with Crippen LogP contribution in [0.3, 0.4) is 0 Å². The fourth-order valence-electron chi connectivity index (χ4n) is 3.11. The van der Waals surface area contributed by atoms with Crippen molar-refractivity contribution >= 4 is 11.9 Å². The molecule has 0 saturated carbocycles. The van der Waals surface area contributed by atoms with Gasteiger partial charge < -0.3 is 33.7 Å². The Morgan fingerprint density at radius 3 is 2.06 bits per heavy atom. The molecule has 8 nitrogen and oxygen atoms in total. The van der Waals surface area contributed by atoms with Crippen LogP contribution in [0.2, 0.25) is 0 Å². The van der Waals surface area contributed by atoms with E-state index in [2.05, 4.69) is 19.1 Å². The predicted molar refractivity (Wildman–Crippen MR) is 131 cm³/mol. The van der Waals surface area contributed by atoms with Gasteiger partial charge in [-0.1, -0.05) is 57.6 Å². The molecule has 0 aromatic heterocycles. The van der Waals surface area contributed by atoms with Crippen molar-refractivity contribution in [1.82, 2.24) is 0 Å². The van der Waals surface area contributed by atoms with E-state index in [1.165, 1.54) is 38.5 Å². The van der Waals surface area contributed by atoms with Gasteiger partial charge in [0.05, 0.1) is 40.3 Å². The van der Waals surface area contributed by atoms with Gasteiger partial charge in [0.2, 0.25) is 0 Å². The van der Waals surface area contributed by atoms with Crippen molar-refractivity contribution in [2.45, 2.75) is 96.4 Å².